The third-order valence-corrected chi connectivity index (χ3v) is 2.38. The standard InChI is InChI=1S/C6H3N2S2/c1-2-9-6(7-1)5-3-8-10-4-5/h1-3H. The summed E-state index contributed by atoms with van der Waals surface area (Å²) < 4.78 is 3.93. The Hall–Kier alpha value is -0.740. The Morgan fingerprint density at radius 2 is 2.50 bits per heavy atom. The minimum absolute atomic E-state index is 0.994. The minimum atomic E-state index is 0.994. The molecule has 10 heavy (non-hydrogen) atoms. The van der Waals surface area contributed by atoms with E-state index in [2.05, 4.69) is 14.7 Å². The summed E-state index contributed by atoms with van der Waals surface area (Å²) in [5.74, 6) is 0. The Morgan fingerprint density at radius 1 is 1.50 bits per heavy atom. The molecule has 2 rings (SSSR count). The Bertz CT molecular complexity index is 253. The van der Waals surface area contributed by atoms with Gasteiger partial charge in [0.25, 0.3) is 0 Å². The van der Waals surface area contributed by atoms with E-state index in [-0.39, 0.29) is 0 Å². The molecule has 49 valence electrons. The highest BCUT2D eigenvalue weighted by molar-refractivity contribution is 7.13. The predicted molar refractivity (Wildman–Crippen MR) is 42.1 cm³/mol. The SMILES string of the molecule is [c]1sncc1-c1nccs1. The van der Waals surface area contributed by atoms with Gasteiger partial charge in [-0.15, -0.1) is 11.3 Å². The van der Waals surface area contributed by atoms with Crippen LogP contribution in [0, 0.1) is 5.38 Å². The van der Waals surface area contributed by atoms with Crippen LogP contribution in [0.15, 0.2) is 17.8 Å². The summed E-state index contributed by atoms with van der Waals surface area (Å²) in [6.07, 6.45) is 3.56. The van der Waals surface area contributed by atoms with Gasteiger partial charge in [0.15, 0.2) is 0 Å². The molecular formula is C6H3N2S2. The van der Waals surface area contributed by atoms with Crippen molar-refractivity contribution >= 4 is 22.9 Å². The molecule has 0 spiro atoms. The summed E-state index contributed by atoms with van der Waals surface area (Å²) in [7, 11) is 0. The molecule has 0 aliphatic rings. The molecule has 0 saturated heterocycles. The molecule has 0 N–H and O–H groups in total. The van der Waals surface area contributed by atoms with Crippen molar-refractivity contribution in [2.24, 2.45) is 0 Å². The highest BCUT2D eigenvalue weighted by Gasteiger charge is 1.99. The fourth-order valence-electron chi connectivity index (χ4n) is 0.636. The van der Waals surface area contributed by atoms with Crippen LogP contribution in [-0.4, -0.2) is 9.36 Å². The molecule has 0 saturated carbocycles. The molecule has 0 unspecified atom stereocenters. The second kappa shape index (κ2) is 2.48. The highest BCUT2D eigenvalue weighted by atomic mass is 32.1. The topological polar surface area (TPSA) is 25.8 Å². The lowest BCUT2D eigenvalue weighted by atomic mass is 10.4. The molecule has 1 radical (unpaired) electrons. The highest BCUT2D eigenvalue weighted by Crippen LogP contribution is 2.20. The smallest absolute Gasteiger partial charge is 0.126 e. The molecule has 0 atom stereocenters. The Labute approximate surface area is 66.3 Å². The van der Waals surface area contributed by atoms with Crippen LogP contribution in [0.25, 0.3) is 10.6 Å². The summed E-state index contributed by atoms with van der Waals surface area (Å²) in [5, 5.41) is 5.96. The van der Waals surface area contributed by atoms with E-state index in [0.717, 1.165) is 10.6 Å². The molecular weight excluding hydrogens is 164 g/mol. The van der Waals surface area contributed by atoms with E-state index in [1.54, 1.807) is 23.7 Å². The molecule has 0 aliphatic carbocycles. The van der Waals surface area contributed by atoms with Gasteiger partial charge in [-0.3, -0.25) is 0 Å². The van der Waals surface area contributed by atoms with Gasteiger partial charge in [0.2, 0.25) is 0 Å². The first-order chi connectivity index (χ1) is 4.97. The van der Waals surface area contributed by atoms with E-state index >= 15 is 0 Å². The van der Waals surface area contributed by atoms with Crippen LogP contribution in [0.1, 0.15) is 0 Å². The average Bonchev–Trinajstić information content (AvgIpc) is 2.59. The fraction of sp³-hybridized carbons (Fsp3) is 0. The van der Waals surface area contributed by atoms with Crippen molar-refractivity contribution < 1.29 is 0 Å². The summed E-state index contributed by atoms with van der Waals surface area (Å²) in [5.41, 5.74) is 1.00. The Balaban J connectivity index is 2.48. The van der Waals surface area contributed by atoms with Crippen LogP contribution in [-0.2, 0) is 0 Å². The van der Waals surface area contributed by atoms with Crippen LogP contribution in [0.3, 0.4) is 0 Å². The second-order valence-corrected chi connectivity index (χ2v) is 3.17. The Morgan fingerprint density at radius 3 is 3.10 bits per heavy atom. The van der Waals surface area contributed by atoms with E-state index < -0.39 is 0 Å². The molecule has 2 nitrogen and oxygen atoms in total. The fourth-order valence-corrected chi connectivity index (χ4v) is 1.76. The van der Waals surface area contributed by atoms with Gasteiger partial charge in [0, 0.05) is 11.6 Å². The molecule has 0 bridgehead atoms. The van der Waals surface area contributed by atoms with E-state index in [0.29, 0.717) is 0 Å². The molecule has 0 aliphatic heterocycles. The first kappa shape index (κ1) is 6.00. The second-order valence-electron chi connectivity index (χ2n) is 1.68. The van der Waals surface area contributed by atoms with Gasteiger partial charge in [-0.05, 0) is 11.5 Å². The van der Waals surface area contributed by atoms with Crippen molar-refractivity contribution in [3.05, 3.63) is 23.2 Å². The van der Waals surface area contributed by atoms with E-state index in [4.69, 9.17) is 0 Å². The van der Waals surface area contributed by atoms with Crippen molar-refractivity contribution in [1.29, 1.82) is 0 Å². The molecule has 2 aromatic rings. The zero-order valence-corrected chi connectivity index (χ0v) is 6.58. The zero-order chi connectivity index (χ0) is 6.81. The lowest BCUT2D eigenvalue weighted by Gasteiger charge is -1.81. The Kier molecular flexibility index (Phi) is 1.49. The van der Waals surface area contributed by atoms with Crippen molar-refractivity contribution in [2.75, 3.05) is 0 Å². The first-order valence-corrected chi connectivity index (χ1v) is 4.34. The summed E-state index contributed by atoms with van der Waals surface area (Å²) in [6, 6.07) is 0. The van der Waals surface area contributed by atoms with Crippen LogP contribution in [0.4, 0.5) is 0 Å². The number of nitrogens with zero attached hydrogens (tertiary/aromatic N) is 2. The third-order valence-electron chi connectivity index (χ3n) is 1.05. The minimum Gasteiger partial charge on any atom is -0.244 e. The van der Waals surface area contributed by atoms with Crippen LogP contribution >= 0.6 is 22.9 Å². The van der Waals surface area contributed by atoms with Gasteiger partial charge in [-0.2, -0.15) is 4.37 Å². The lowest BCUT2D eigenvalue weighted by Crippen LogP contribution is -1.66. The normalized spacial score (nSPS) is 10.0. The summed E-state index contributed by atoms with van der Waals surface area (Å²) in [4.78, 5) is 4.11. The van der Waals surface area contributed by atoms with Gasteiger partial charge in [-0.25, -0.2) is 4.98 Å². The number of hydrogen-bond donors (Lipinski definition) is 0. The number of rotatable bonds is 1. The van der Waals surface area contributed by atoms with Crippen molar-refractivity contribution in [1.82, 2.24) is 9.36 Å². The quantitative estimate of drug-likeness (QED) is 0.649. The van der Waals surface area contributed by atoms with Gasteiger partial charge in [0.1, 0.15) is 5.01 Å². The van der Waals surface area contributed by atoms with Crippen molar-refractivity contribution in [3.8, 4) is 10.6 Å². The van der Waals surface area contributed by atoms with E-state index in [9.17, 15) is 0 Å². The van der Waals surface area contributed by atoms with Crippen LogP contribution in [0.5, 0.6) is 0 Å². The summed E-state index contributed by atoms with van der Waals surface area (Å²) in [6.45, 7) is 0. The predicted octanol–water partition coefficient (Wildman–Crippen LogP) is 2.07. The van der Waals surface area contributed by atoms with Gasteiger partial charge >= 0.3 is 0 Å². The van der Waals surface area contributed by atoms with Gasteiger partial charge in [0.05, 0.1) is 17.1 Å². The third kappa shape index (κ3) is 0.955. The van der Waals surface area contributed by atoms with Gasteiger partial charge in [-0.1, -0.05) is 0 Å². The zero-order valence-electron chi connectivity index (χ0n) is 4.94. The number of thiazole rings is 1. The molecule has 2 aromatic heterocycles. The largest absolute Gasteiger partial charge is 0.244 e. The maximum atomic E-state index is 4.11. The number of hydrogen-bond acceptors (Lipinski definition) is 4. The maximum Gasteiger partial charge on any atom is 0.126 e. The maximum absolute atomic E-state index is 4.11. The van der Waals surface area contributed by atoms with Crippen LogP contribution < -0.4 is 0 Å². The van der Waals surface area contributed by atoms with Gasteiger partial charge < -0.3 is 0 Å². The van der Waals surface area contributed by atoms with Crippen LogP contribution in [0.2, 0.25) is 0 Å². The molecule has 0 amide bonds. The molecule has 0 fully saturated rings. The van der Waals surface area contributed by atoms with E-state index in [1.807, 2.05) is 5.38 Å². The number of aromatic nitrogens is 2. The summed E-state index contributed by atoms with van der Waals surface area (Å²) >= 11 is 2.93. The monoisotopic (exact) mass is 167 g/mol. The van der Waals surface area contributed by atoms with Crippen molar-refractivity contribution in [2.45, 2.75) is 0 Å². The lowest BCUT2D eigenvalue weighted by molar-refractivity contribution is 1.41. The molecule has 0 aromatic carbocycles. The average molecular weight is 167 g/mol. The first-order valence-electron chi connectivity index (χ1n) is 2.69. The van der Waals surface area contributed by atoms with Crippen molar-refractivity contribution in [3.63, 3.8) is 0 Å². The molecule has 2 heterocycles. The molecule has 4 heteroatoms. The van der Waals surface area contributed by atoms with E-state index in [1.165, 1.54) is 11.5 Å².